The van der Waals surface area contributed by atoms with Gasteiger partial charge in [-0.1, -0.05) is 121 Å². The van der Waals surface area contributed by atoms with Crippen molar-refractivity contribution in [2.75, 3.05) is 0 Å². The molecule has 6 atom stereocenters. The summed E-state index contributed by atoms with van der Waals surface area (Å²) in [7, 11) is 0. The number of carbonyl (C=O) groups excluding carboxylic acids is 4. The highest BCUT2D eigenvalue weighted by molar-refractivity contribution is 6.10. The van der Waals surface area contributed by atoms with Crippen molar-refractivity contribution in [1.29, 1.82) is 0 Å². The summed E-state index contributed by atoms with van der Waals surface area (Å²) in [6.07, 6.45) is 0. The Morgan fingerprint density at radius 2 is 0.705 bits per heavy atom. The van der Waals surface area contributed by atoms with Crippen LogP contribution >= 0.6 is 0 Å². The molecule has 4 fully saturated rings. The molecule has 0 bridgehead atoms. The molecule has 0 aliphatic carbocycles. The van der Waals surface area contributed by atoms with Crippen LogP contribution in [-0.4, -0.2) is 55.5 Å². The number of imide groups is 2. The van der Waals surface area contributed by atoms with Crippen molar-refractivity contribution in [2.45, 2.75) is 37.3 Å². The lowest BCUT2D eigenvalue weighted by molar-refractivity contribution is -0.153. The zero-order valence-corrected chi connectivity index (χ0v) is 23.8. The SMILES string of the molecule is O=C1[C@@H]2[C@H](C(=O)N1Cc1ccccc1)N1[C@@H](c3ccccc3)[C@@H]3C(=O)N(Cc4ccccc4)C(=O)[C@@H]3N1[C@H]2c1ccccc1. The molecular weight excluding hydrogens is 552 g/mol. The third kappa shape index (κ3) is 3.91. The summed E-state index contributed by atoms with van der Waals surface area (Å²) in [6, 6.07) is 35.3. The minimum atomic E-state index is -0.838. The second-order valence-corrected chi connectivity index (χ2v) is 11.9. The van der Waals surface area contributed by atoms with Gasteiger partial charge >= 0.3 is 0 Å². The molecule has 0 unspecified atom stereocenters. The highest BCUT2D eigenvalue weighted by Crippen LogP contribution is 2.59. The maximum atomic E-state index is 14.3. The predicted molar refractivity (Wildman–Crippen MR) is 161 cm³/mol. The van der Waals surface area contributed by atoms with Crippen molar-refractivity contribution in [3.8, 4) is 0 Å². The number of carbonyl (C=O) groups is 4. The Kier molecular flexibility index (Phi) is 6.29. The van der Waals surface area contributed by atoms with Gasteiger partial charge in [0.15, 0.2) is 0 Å². The summed E-state index contributed by atoms with van der Waals surface area (Å²) >= 11 is 0. The van der Waals surface area contributed by atoms with Gasteiger partial charge in [0, 0.05) is 0 Å². The van der Waals surface area contributed by atoms with Crippen molar-refractivity contribution in [2.24, 2.45) is 11.8 Å². The molecule has 8 rings (SSSR count). The third-order valence-electron chi connectivity index (χ3n) is 9.56. The fourth-order valence-electron chi connectivity index (χ4n) is 7.76. The van der Waals surface area contributed by atoms with Crippen LogP contribution in [0.4, 0.5) is 0 Å². The van der Waals surface area contributed by atoms with Crippen molar-refractivity contribution in [1.82, 2.24) is 19.8 Å². The number of fused-ring (bicyclic) bond motifs is 5. The van der Waals surface area contributed by atoms with E-state index in [9.17, 15) is 19.2 Å². The molecule has 0 spiro atoms. The minimum Gasteiger partial charge on any atom is -0.276 e. The second-order valence-electron chi connectivity index (χ2n) is 11.9. The van der Waals surface area contributed by atoms with Crippen molar-refractivity contribution < 1.29 is 19.2 Å². The van der Waals surface area contributed by atoms with Crippen LogP contribution in [0.2, 0.25) is 0 Å². The van der Waals surface area contributed by atoms with Crippen LogP contribution in [0, 0.1) is 11.8 Å². The quantitative estimate of drug-likeness (QED) is 0.318. The Labute approximate surface area is 255 Å². The third-order valence-corrected chi connectivity index (χ3v) is 9.56. The van der Waals surface area contributed by atoms with Gasteiger partial charge in [-0.25, -0.2) is 10.0 Å². The minimum absolute atomic E-state index is 0.173. The van der Waals surface area contributed by atoms with E-state index in [1.165, 1.54) is 9.80 Å². The Morgan fingerprint density at radius 3 is 1.05 bits per heavy atom. The molecule has 4 aliphatic heterocycles. The Hall–Kier alpha value is -4.92. The van der Waals surface area contributed by atoms with E-state index in [2.05, 4.69) is 0 Å². The molecule has 4 aromatic carbocycles. The highest BCUT2D eigenvalue weighted by Gasteiger charge is 2.73. The number of rotatable bonds is 6. The van der Waals surface area contributed by atoms with E-state index in [1.54, 1.807) is 0 Å². The Bertz CT molecular complexity index is 1620. The van der Waals surface area contributed by atoms with Crippen LogP contribution in [0.25, 0.3) is 0 Å². The number of hydrogen-bond donors (Lipinski definition) is 0. The number of hydrazine groups is 1. The normalized spacial score (nSPS) is 28.1. The first-order chi connectivity index (χ1) is 21.5. The maximum Gasteiger partial charge on any atom is 0.249 e. The van der Waals surface area contributed by atoms with Crippen molar-refractivity contribution >= 4 is 23.6 Å². The van der Waals surface area contributed by atoms with E-state index < -0.39 is 36.0 Å². The van der Waals surface area contributed by atoms with E-state index in [1.807, 2.05) is 131 Å². The van der Waals surface area contributed by atoms with E-state index in [4.69, 9.17) is 0 Å². The van der Waals surface area contributed by atoms with Gasteiger partial charge in [0.1, 0.15) is 12.1 Å². The van der Waals surface area contributed by atoms with Crippen LogP contribution in [0.5, 0.6) is 0 Å². The summed E-state index contributed by atoms with van der Waals surface area (Å²) in [6.45, 7) is 0.346. The van der Waals surface area contributed by atoms with Gasteiger partial charge in [0.05, 0.1) is 37.0 Å². The van der Waals surface area contributed by atoms with Gasteiger partial charge in [0.25, 0.3) is 0 Å². The van der Waals surface area contributed by atoms with Gasteiger partial charge in [0.2, 0.25) is 23.6 Å². The smallest absolute Gasteiger partial charge is 0.249 e. The molecule has 4 aromatic rings. The number of benzene rings is 4. The average molecular weight is 583 g/mol. The van der Waals surface area contributed by atoms with E-state index in [0.29, 0.717) is 0 Å². The van der Waals surface area contributed by atoms with E-state index in [0.717, 1.165) is 22.3 Å². The zero-order chi connectivity index (χ0) is 29.9. The summed E-state index contributed by atoms with van der Waals surface area (Å²) < 4.78 is 0. The molecule has 218 valence electrons. The number of hydrogen-bond acceptors (Lipinski definition) is 6. The number of nitrogens with zero attached hydrogens (tertiary/aromatic N) is 4. The predicted octanol–water partition coefficient (Wildman–Crippen LogP) is 4.12. The van der Waals surface area contributed by atoms with Crippen molar-refractivity contribution in [3.05, 3.63) is 144 Å². The molecule has 4 heterocycles. The summed E-state index contributed by atoms with van der Waals surface area (Å²) in [5.41, 5.74) is 3.40. The van der Waals surface area contributed by atoms with Gasteiger partial charge in [-0.3, -0.25) is 29.0 Å². The van der Waals surface area contributed by atoms with Gasteiger partial charge in [-0.2, -0.15) is 0 Å². The summed E-state index contributed by atoms with van der Waals surface area (Å²) in [4.78, 5) is 60.0. The maximum absolute atomic E-state index is 14.3. The lowest BCUT2D eigenvalue weighted by atomic mass is 9.84. The average Bonchev–Trinajstić information content (AvgIpc) is 3.72. The first kappa shape index (κ1) is 26.7. The van der Waals surface area contributed by atoms with Gasteiger partial charge < -0.3 is 0 Å². The molecule has 4 amide bonds. The highest BCUT2D eigenvalue weighted by atomic mass is 16.2. The van der Waals surface area contributed by atoms with Crippen LogP contribution in [0.1, 0.15) is 34.3 Å². The van der Waals surface area contributed by atoms with Crippen LogP contribution in [0.15, 0.2) is 121 Å². The molecule has 0 radical (unpaired) electrons. The summed E-state index contributed by atoms with van der Waals surface area (Å²) in [5, 5.41) is 3.85. The lowest BCUT2D eigenvalue weighted by Crippen LogP contribution is -2.49. The molecule has 4 aliphatic rings. The lowest BCUT2D eigenvalue weighted by Gasteiger charge is -2.35. The first-order valence-electron chi connectivity index (χ1n) is 15.0. The van der Waals surface area contributed by atoms with Gasteiger partial charge in [-0.05, 0) is 22.3 Å². The Morgan fingerprint density at radius 1 is 0.386 bits per heavy atom. The van der Waals surface area contributed by atoms with Crippen LogP contribution in [0.3, 0.4) is 0 Å². The molecule has 0 N–H and O–H groups in total. The molecule has 44 heavy (non-hydrogen) atoms. The first-order valence-corrected chi connectivity index (χ1v) is 15.0. The molecule has 0 aromatic heterocycles. The summed E-state index contributed by atoms with van der Waals surface area (Å²) in [5.74, 6) is -2.57. The second kappa shape index (κ2) is 10.4. The molecule has 4 saturated heterocycles. The van der Waals surface area contributed by atoms with Crippen LogP contribution < -0.4 is 0 Å². The van der Waals surface area contributed by atoms with Crippen LogP contribution in [-0.2, 0) is 32.3 Å². The number of amides is 4. The van der Waals surface area contributed by atoms with Crippen molar-refractivity contribution in [3.63, 3.8) is 0 Å². The fraction of sp³-hybridized carbons (Fsp3) is 0.222. The molecular formula is C36H30N4O4. The molecule has 8 heteroatoms. The van der Waals surface area contributed by atoms with E-state index in [-0.39, 0.29) is 36.7 Å². The van der Waals surface area contributed by atoms with Gasteiger partial charge in [-0.15, -0.1) is 0 Å². The standard InChI is InChI=1S/C36H30N4O4/c41-33-27-29(25-17-9-3-10-18-25)40-32-28(34(42)38(36(32)44)22-24-15-7-2-8-16-24)30(26-19-11-4-12-20-26)39(40)31(27)35(43)37(33)21-23-13-5-1-6-14-23/h1-20,27-32H,21-22H2/t27-,28-,29-,30-,31+,32+/m0/s1. The monoisotopic (exact) mass is 582 g/mol. The largest absolute Gasteiger partial charge is 0.276 e. The molecule has 0 saturated carbocycles. The fourth-order valence-corrected chi connectivity index (χ4v) is 7.76. The number of likely N-dealkylation sites (tertiary alicyclic amines) is 2. The zero-order valence-electron chi connectivity index (χ0n) is 23.8. The van der Waals surface area contributed by atoms with E-state index >= 15 is 0 Å². The Balaban J connectivity index is 1.26. The molecule has 8 nitrogen and oxygen atoms in total. The topological polar surface area (TPSA) is 81.2 Å².